The van der Waals surface area contributed by atoms with E-state index in [1.165, 1.54) is 5.56 Å². The summed E-state index contributed by atoms with van der Waals surface area (Å²) in [5, 5.41) is 3.51. The standard InChI is InChI=1S/C15H16ClN5/c1-15(2,3)9-6-4-5-7-10(9)19-13-11-12(18-8-17-11)20-14(16)21-13/h4-8H,1-3H3,(H2,17,18,19,20,21). The van der Waals surface area contributed by atoms with Crippen LogP contribution in [0, 0.1) is 0 Å². The van der Waals surface area contributed by atoms with E-state index >= 15 is 0 Å². The molecular weight excluding hydrogens is 286 g/mol. The fraction of sp³-hybridized carbons (Fsp3) is 0.267. The van der Waals surface area contributed by atoms with Crippen LogP contribution in [-0.2, 0) is 5.41 Å². The highest BCUT2D eigenvalue weighted by molar-refractivity contribution is 6.28. The molecule has 6 heteroatoms. The normalized spacial score (nSPS) is 11.8. The summed E-state index contributed by atoms with van der Waals surface area (Å²) in [6, 6.07) is 8.16. The van der Waals surface area contributed by atoms with Gasteiger partial charge in [-0.25, -0.2) is 4.98 Å². The molecule has 0 spiro atoms. The summed E-state index contributed by atoms with van der Waals surface area (Å²) in [6.07, 6.45) is 1.58. The lowest BCUT2D eigenvalue weighted by atomic mass is 9.86. The number of aromatic nitrogens is 4. The molecule has 0 saturated heterocycles. The average molecular weight is 302 g/mol. The van der Waals surface area contributed by atoms with Crippen molar-refractivity contribution in [1.82, 2.24) is 19.9 Å². The van der Waals surface area contributed by atoms with E-state index in [1.54, 1.807) is 6.33 Å². The predicted molar refractivity (Wildman–Crippen MR) is 85.1 cm³/mol. The summed E-state index contributed by atoms with van der Waals surface area (Å²) in [5.41, 5.74) is 3.50. The second-order valence-corrected chi connectivity index (χ2v) is 6.20. The molecule has 0 aliphatic carbocycles. The number of halogens is 1. The second kappa shape index (κ2) is 5.00. The number of aromatic amines is 1. The lowest BCUT2D eigenvalue weighted by molar-refractivity contribution is 0.592. The molecule has 0 atom stereocenters. The Labute approximate surface area is 127 Å². The summed E-state index contributed by atoms with van der Waals surface area (Å²) in [5.74, 6) is 0.624. The number of hydrogen-bond donors (Lipinski definition) is 2. The van der Waals surface area contributed by atoms with Crippen LogP contribution in [0.3, 0.4) is 0 Å². The van der Waals surface area contributed by atoms with Crippen LogP contribution in [0.4, 0.5) is 11.5 Å². The van der Waals surface area contributed by atoms with Crippen LogP contribution >= 0.6 is 11.6 Å². The Balaban J connectivity index is 2.09. The van der Waals surface area contributed by atoms with Crippen molar-refractivity contribution in [1.29, 1.82) is 0 Å². The molecule has 21 heavy (non-hydrogen) atoms. The van der Waals surface area contributed by atoms with E-state index in [-0.39, 0.29) is 10.7 Å². The molecule has 5 nitrogen and oxygen atoms in total. The number of para-hydroxylation sites is 1. The van der Waals surface area contributed by atoms with Crippen LogP contribution in [0.15, 0.2) is 30.6 Å². The molecule has 108 valence electrons. The molecule has 2 N–H and O–H groups in total. The molecule has 2 heterocycles. The number of hydrogen-bond acceptors (Lipinski definition) is 4. The topological polar surface area (TPSA) is 66.5 Å². The zero-order chi connectivity index (χ0) is 15.0. The zero-order valence-corrected chi connectivity index (χ0v) is 12.9. The first-order chi connectivity index (χ1) is 9.95. The molecule has 2 aromatic heterocycles. The minimum absolute atomic E-state index is 0.0213. The van der Waals surface area contributed by atoms with Gasteiger partial charge in [0.1, 0.15) is 5.52 Å². The van der Waals surface area contributed by atoms with Crippen molar-refractivity contribution in [2.24, 2.45) is 0 Å². The fourth-order valence-electron chi connectivity index (χ4n) is 2.27. The summed E-state index contributed by atoms with van der Waals surface area (Å²) >= 11 is 5.96. The third-order valence-corrected chi connectivity index (χ3v) is 3.42. The first kappa shape index (κ1) is 13.8. The molecule has 0 aliphatic rings. The zero-order valence-electron chi connectivity index (χ0n) is 12.1. The largest absolute Gasteiger partial charge is 0.340 e. The van der Waals surface area contributed by atoms with Crippen LogP contribution < -0.4 is 5.32 Å². The molecule has 1 aromatic carbocycles. The third kappa shape index (κ3) is 2.69. The van der Waals surface area contributed by atoms with Gasteiger partial charge in [0.05, 0.1) is 6.33 Å². The molecule has 0 fully saturated rings. The number of fused-ring (bicyclic) bond motifs is 1. The van der Waals surface area contributed by atoms with Crippen molar-refractivity contribution in [3.8, 4) is 0 Å². The summed E-state index contributed by atoms with van der Waals surface area (Å²) in [7, 11) is 0. The molecule has 0 aliphatic heterocycles. The Morgan fingerprint density at radius 1 is 1.14 bits per heavy atom. The van der Waals surface area contributed by atoms with E-state index in [4.69, 9.17) is 11.6 Å². The first-order valence-corrected chi connectivity index (χ1v) is 7.06. The highest BCUT2D eigenvalue weighted by Crippen LogP contribution is 2.32. The lowest BCUT2D eigenvalue weighted by Crippen LogP contribution is -2.14. The Hall–Kier alpha value is -2.14. The van der Waals surface area contributed by atoms with Crippen LogP contribution in [0.2, 0.25) is 5.28 Å². The van der Waals surface area contributed by atoms with Crippen molar-refractivity contribution >= 4 is 34.3 Å². The van der Waals surface area contributed by atoms with Crippen LogP contribution in [0.5, 0.6) is 0 Å². The van der Waals surface area contributed by atoms with Crippen molar-refractivity contribution in [3.63, 3.8) is 0 Å². The van der Waals surface area contributed by atoms with Gasteiger partial charge in [0, 0.05) is 5.69 Å². The maximum atomic E-state index is 5.96. The van der Waals surface area contributed by atoms with E-state index in [1.807, 2.05) is 18.2 Å². The predicted octanol–water partition coefficient (Wildman–Crippen LogP) is 4.05. The molecule has 0 saturated carbocycles. The number of benzene rings is 1. The minimum Gasteiger partial charge on any atom is -0.340 e. The number of H-pyrrole nitrogens is 1. The maximum Gasteiger partial charge on any atom is 0.226 e. The Bertz CT molecular complexity index is 788. The van der Waals surface area contributed by atoms with Gasteiger partial charge in [0.25, 0.3) is 0 Å². The van der Waals surface area contributed by atoms with Gasteiger partial charge in [0.2, 0.25) is 5.28 Å². The first-order valence-electron chi connectivity index (χ1n) is 6.68. The molecular formula is C15H16ClN5. The van der Waals surface area contributed by atoms with Gasteiger partial charge in [-0.3, -0.25) is 0 Å². The Kier molecular flexibility index (Phi) is 3.29. The number of imidazole rings is 1. The smallest absolute Gasteiger partial charge is 0.226 e. The van der Waals surface area contributed by atoms with Crippen LogP contribution in [0.1, 0.15) is 26.3 Å². The highest BCUT2D eigenvalue weighted by atomic mass is 35.5. The SMILES string of the molecule is CC(C)(C)c1ccccc1Nc1nc(Cl)nc2nc[nH]c12. The molecule has 0 unspecified atom stereocenters. The second-order valence-electron chi connectivity index (χ2n) is 5.86. The van der Waals surface area contributed by atoms with Crippen LogP contribution in [-0.4, -0.2) is 19.9 Å². The average Bonchev–Trinajstić information content (AvgIpc) is 2.86. The van der Waals surface area contributed by atoms with E-state index in [2.05, 4.69) is 52.1 Å². The maximum absolute atomic E-state index is 5.96. The van der Waals surface area contributed by atoms with E-state index in [0.29, 0.717) is 11.5 Å². The van der Waals surface area contributed by atoms with Gasteiger partial charge >= 0.3 is 0 Å². The van der Waals surface area contributed by atoms with Gasteiger partial charge in [-0.05, 0) is 28.6 Å². The number of nitrogens with zero attached hydrogens (tertiary/aromatic N) is 3. The summed E-state index contributed by atoms with van der Waals surface area (Å²) < 4.78 is 0. The van der Waals surface area contributed by atoms with E-state index < -0.39 is 0 Å². The lowest BCUT2D eigenvalue weighted by Gasteiger charge is -2.23. The van der Waals surface area contributed by atoms with Crippen molar-refractivity contribution < 1.29 is 0 Å². The van der Waals surface area contributed by atoms with Gasteiger partial charge < -0.3 is 10.3 Å². The minimum atomic E-state index is 0.0213. The summed E-state index contributed by atoms with van der Waals surface area (Å²) in [6.45, 7) is 6.52. The van der Waals surface area contributed by atoms with Gasteiger partial charge in [-0.15, -0.1) is 0 Å². The molecule has 3 aromatic rings. The monoisotopic (exact) mass is 301 g/mol. The van der Waals surface area contributed by atoms with Crippen molar-refractivity contribution in [3.05, 3.63) is 41.4 Å². The number of anilines is 2. The molecule has 0 amide bonds. The number of rotatable bonds is 2. The number of nitrogens with one attached hydrogen (secondary N) is 2. The van der Waals surface area contributed by atoms with Crippen LogP contribution in [0.25, 0.3) is 11.2 Å². The molecule has 0 radical (unpaired) electrons. The Morgan fingerprint density at radius 3 is 2.67 bits per heavy atom. The van der Waals surface area contributed by atoms with E-state index in [0.717, 1.165) is 11.2 Å². The van der Waals surface area contributed by atoms with Gasteiger partial charge in [0.15, 0.2) is 11.5 Å². The third-order valence-electron chi connectivity index (χ3n) is 3.25. The summed E-state index contributed by atoms with van der Waals surface area (Å²) in [4.78, 5) is 15.5. The van der Waals surface area contributed by atoms with Gasteiger partial charge in [-0.1, -0.05) is 39.0 Å². The van der Waals surface area contributed by atoms with Crippen molar-refractivity contribution in [2.75, 3.05) is 5.32 Å². The molecule has 3 rings (SSSR count). The Morgan fingerprint density at radius 2 is 1.90 bits per heavy atom. The molecule has 0 bridgehead atoms. The van der Waals surface area contributed by atoms with E-state index in [9.17, 15) is 0 Å². The van der Waals surface area contributed by atoms with Gasteiger partial charge in [-0.2, -0.15) is 9.97 Å². The van der Waals surface area contributed by atoms with Crippen molar-refractivity contribution in [2.45, 2.75) is 26.2 Å². The highest BCUT2D eigenvalue weighted by Gasteiger charge is 2.18. The quantitative estimate of drug-likeness (QED) is 0.701. The fourth-order valence-corrected chi connectivity index (χ4v) is 2.44.